The normalized spacial score (nSPS) is 21.3. The van der Waals surface area contributed by atoms with Crippen LogP contribution in [0, 0.1) is 5.41 Å². The fourth-order valence-electron chi connectivity index (χ4n) is 3.03. The lowest BCUT2D eigenvalue weighted by atomic mass is 9.81. The molecule has 0 bridgehead atoms. The number of hydrogen-bond donors (Lipinski definition) is 0. The fourth-order valence-corrected chi connectivity index (χ4v) is 3.77. The molecule has 2 amide bonds. The van der Waals surface area contributed by atoms with Crippen molar-refractivity contribution in [1.29, 1.82) is 0 Å². The van der Waals surface area contributed by atoms with Crippen LogP contribution in [0.4, 0.5) is 0 Å². The molecule has 0 saturated carbocycles. The van der Waals surface area contributed by atoms with Crippen molar-refractivity contribution in [1.82, 2.24) is 4.90 Å². The van der Waals surface area contributed by atoms with Crippen molar-refractivity contribution < 1.29 is 14.3 Å². The molecule has 21 heavy (non-hydrogen) atoms. The Kier molecular flexibility index (Phi) is 4.13. The summed E-state index contributed by atoms with van der Waals surface area (Å²) in [6, 6.07) is 7.38. The topological polar surface area (TPSA) is 46.6 Å². The SMILES string of the molecule is O=C1Cc2ccccc2C(=O)N1CC1(CBr)CCOCC1. The first-order valence-corrected chi connectivity index (χ1v) is 8.34. The average molecular weight is 352 g/mol. The third-order valence-corrected chi connectivity index (χ3v) is 5.66. The Labute approximate surface area is 132 Å². The van der Waals surface area contributed by atoms with E-state index in [0.717, 1.165) is 23.7 Å². The number of alkyl halides is 1. The number of benzene rings is 1. The van der Waals surface area contributed by atoms with Gasteiger partial charge < -0.3 is 4.74 Å². The van der Waals surface area contributed by atoms with Gasteiger partial charge >= 0.3 is 0 Å². The first kappa shape index (κ1) is 14.7. The molecule has 1 aromatic rings. The number of imide groups is 1. The van der Waals surface area contributed by atoms with Gasteiger partial charge in [-0.25, -0.2) is 0 Å². The van der Waals surface area contributed by atoms with Crippen molar-refractivity contribution in [3.8, 4) is 0 Å². The van der Waals surface area contributed by atoms with Crippen LogP contribution in [0.2, 0.25) is 0 Å². The molecule has 0 N–H and O–H groups in total. The molecule has 4 nitrogen and oxygen atoms in total. The predicted octanol–water partition coefficient (Wildman–Crippen LogP) is 2.40. The number of carbonyl (C=O) groups is 2. The van der Waals surface area contributed by atoms with E-state index in [0.29, 0.717) is 31.7 Å². The van der Waals surface area contributed by atoms with Crippen molar-refractivity contribution in [2.24, 2.45) is 5.41 Å². The standard InChI is InChI=1S/C16H18BrNO3/c17-10-16(5-7-21-8-6-16)11-18-14(19)9-12-3-1-2-4-13(12)15(18)20/h1-4H,5-11H2. The molecule has 0 unspecified atom stereocenters. The lowest BCUT2D eigenvalue weighted by Gasteiger charge is -2.40. The van der Waals surface area contributed by atoms with Crippen LogP contribution in [0.25, 0.3) is 0 Å². The van der Waals surface area contributed by atoms with Gasteiger partial charge in [-0.1, -0.05) is 34.1 Å². The van der Waals surface area contributed by atoms with Crippen molar-refractivity contribution in [3.05, 3.63) is 35.4 Å². The largest absolute Gasteiger partial charge is 0.381 e. The molecule has 1 fully saturated rings. The number of ether oxygens (including phenoxy) is 1. The van der Waals surface area contributed by atoms with E-state index in [1.807, 2.05) is 24.3 Å². The maximum Gasteiger partial charge on any atom is 0.260 e. The summed E-state index contributed by atoms with van der Waals surface area (Å²) in [4.78, 5) is 26.4. The summed E-state index contributed by atoms with van der Waals surface area (Å²) >= 11 is 3.56. The van der Waals surface area contributed by atoms with E-state index in [1.54, 1.807) is 0 Å². The number of rotatable bonds is 3. The molecule has 0 atom stereocenters. The molecule has 0 aromatic heterocycles. The zero-order valence-electron chi connectivity index (χ0n) is 11.8. The summed E-state index contributed by atoms with van der Waals surface area (Å²) in [5.41, 5.74) is 1.44. The minimum atomic E-state index is -0.159. The van der Waals surface area contributed by atoms with Crippen LogP contribution in [-0.2, 0) is 16.0 Å². The highest BCUT2D eigenvalue weighted by atomic mass is 79.9. The molecular weight excluding hydrogens is 334 g/mol. The van der Waals surface area contributed by atoms with Crippen molar-refractivity contribution in [2.75, 3.05) is 25.1 Å². The van der Waals surface area contributed by atoms with E-state index in [-0.39, 0.29) is 17.2 Å². The van der Waals surface area contributed by atoms with E-state index < -0.39 is 0 Å². The Bertz CT molecular complexity index is 566. The number of hydrogen-bond acceptors (Lipinski definition) is 3. The Balaban J connectivity index is 1.85. The summed E-state index contributed by atoms with van der Waals surface area (Å²) in [6.07, 6.45) is 2.06. The maximum atomic E-state index is 12.6. The van der Waals surface area contributed by atoms with Crippen molar-refractivity contribution >= 4 is 27.7 Å². The van der Waals surface area contributed by atoms with Gasteiger partial charge in [0.2, 0.25) is 5.91 Å². The van der Waals surface area contributed by atoms with E-state index in [4.69, 9.17) is 4.74 Å². The van der Waals surface area contributed by atoms with Gasteiger partial charge in [-0.15, -0.1) is 0 Å². The number of nitrogens with zero attached hydrogens (tertiary/aromatic N) is 1. The van der Waals surface area contributed by atoms with Gasteiger partial charge in [0.1, 0.15) is 0 Å². The van der Waals surface area contributed by atoms with Gasteiger partial charge in [0, 0.05) is 36.1 Å². The fraction of sp³-hybridized carbons (Fsp3) is 0.500. The Morgan fingerprint density at radius 2 is 1.90 bits per heavy atom. The smallest absolute Gasteiger partial charge is 0.260 e. The molecule has 5 heteroatoms. The van der Waals surface area contributed by atoms with Gasteiger partial charge in [-0.3, -0.25) is 14.5 Å². The molecule has 2 heterocycles. The highest BCUT2D eigenvalue weighted by Gasteiger charge is 2.39. The highest BCUT2D eigenvalue weighted by Crippen LogP contribution is 2.35. The van der Waals surface area contributed by atoms with Crippen LogP contribution < -0.4 is 0 Å². The molecule has 1 aromatic carbocycles. The monoisotopic (exact) mass is 351 g/mol. The quantitative estimate of drug-likeness (QED) is 0.620. The summed E-state index contributed by atoms with van der Waals surface area (Å²) in [6.45, 7) is 1.87. The molecule has 112 valence electrons. The van der Waals surface area contributed by atoms with Gasteiger partial charge in [0.25, 0.3) is 5.91 Å². The zero-order valence-corrected chi connectivity index (χ0v) is 13.4. The van der Waals surface area contributed by atoms with Crippen LogP contribution in [0.15, 0.2) is 24.3 Å². The third kappa shape index (κ3) is 2.77. The van der Waals surface area contributed by atoms with Crippen LogP contribution in [-0.4, -0.2) is 41.8 Å². The van der Waals surface area contributed by atoms with Crippen molar-refractivity contribution in [3.63, 3.8) is 0 Å². The van der Waals surface area contributed by atoms with Crippen molar-refractivity contribution in [2.45, 2.75) is 19.3 Å². The highest BCUT2D eigenvalue weighted by molar-refractivity contribution is 9.09. The number of amides is 2. The summed E-state index contributed by atoms with van der Waals surface area (Å²) in [7, 11) is 0. The molecule has 3 rings (SSSR count). The van der Waals surface area contributed by atoms with E-state index >= 15 is 0 Å². The zero-order chi connectivity index (χ0) is 14.9. The van der Waals surface area contributed by atoms with E-state index in [2.05, 4.69) is 15.9 Å². The molecular formula is C16H18BrNO3. The number of carbonyl (C=O) groups excluding carboxylic acids is 2. The van der Waals surface area contributed by atoms with Crippen LogP contribution in [0.5, 0.6) is 0 Å². The van der Waals surface area contributed by atoms with Crippen LogP contribution >= 0.6 is 15.9 Å². The van der Waals surface area contributed by atoms with E-state index in [1.165, 1.54) is 4.90 Å². The Morgan fingerprint density at radius 1 is 1.19 bits per heavy atom. The third-order valence-electron chi connectivity index (χ3n) is 4.47. The summed E-state index contributed by atoms with van der Waals surface area (Å²) in [5.74, 6) is -0.251. The Hall–Kier alpha value is -1.20. The first-order valence-electron chi connectivity index (χ1n) is 7.21. The van der Waals surface area contributed by atoms with Gasteiger partial charge in [0.15, 0.2) is 0 Å². The van der Waals surface area contributed by atoms with Gasteiger partial charge in [-0.2, -0.15) is 0 Å². The minimum Gasteiger partial charge on any atom is -0.381 e. The second-order valence-electron chi connectivity index (χ2n) is 5.86. The van der Waals surface area contributed by atoms with Crippen LogP contribution in [0.3, 0.4) is 0 Å². The molecule has 0 spiro atoms. The second kappa shape index (κ2) is 5.89. The maximum absolute atomic E-state index is 12.6. The second-order valence-corrected chi connectivity index (χ2v) is 6.43. The molecule has 0 radical (unpaired) electrons. The Morgan fingerprint density at radius 3 is 2.62 bits per heavy atom. The average Bonchev–Trinajstić information content (AvgIpc) is 2.52. The molecule has 2 aliphatic heterocycles. The lowest BCUT2D eigenvalue weighted by molar-refractivity contribution is -0.130. The summed E-state index contributed by atoms with van der Waals surface area (Å²) < 4.78 is 5.42. The van der Waals surface area contributed by atoms with Gasteiger partial charge in [0.05, 0.1) is 6.42 Å². The van der Waals surface area contributed by atoms with Gasteiger partial charge in [-0.05, 0) is 24.5 Å². The first-order chi connectivity index (χ1) is 10.2. The van der Waals surface area contributed by atoms with Crippen LogP contribution in [0.1, 0.15) is 28.8 Å². The van der Waals surface area contributed by atoms with E-state index in [9.17, 15) is 9.59 Å². The summed E-state index contributed by atoms with van der Waals surface area (Å²) in [5, 5.41) is 0.780. The number of halogens is 1. The predicted molar refractivity (Wildman–Crippen MR) is 82.5 cm³/mol. The minimum absolute atomic E-state index is 0.0597. The lowest BCUT2D eigenvalue weighted by Crippen LogP contribution is -2.50. The molecule has 2 aliphatic rings. The molecule has 0 aliphatic carbocycles. The number of fused-ring (bicyclic) bond motifs is 1. The molecule has 1 saturated heterocycles.